The van der Waals surface area contributed by atoms with Crippen molar-refractivity contribution in [3.63, 3.8) is 0 Å². The Labute approximate surface area is 170 Å². The zero-order valence-corrected chi connectivity index (χ0v) is 17.2. The first-order valence-corrected chi connectivity index (χ1v) is 9.70. The van der Waals surface area contributed by atoms with Gasteiger partial charge in [-0.05, 0) is 45.5 Å². The van der Waals surface area contributed by atoms with E-state index in [1.807, 2.05) is 32.2 Å². The minimum atomic E-state index is -0.702. The van der Waals surface area contributed by atoms with Crippen molar-refractivity contribution in [3.05, 3.63) is 70.8 Å². The van der Waals surface area contributed by atoms with Crippen molar-refractivity contribution in [2.24, 2.45) is 0 Å². The van der Waals surface area contributed by atoms with Crippen molar-refractivity contribution in [1.29, 1.82) is 0 Å². The molecule has 0 fully saturated rings. The molecule has 1 aromatic heterocycles. The van der Waals surface area contributed by atoms with Crippen molar-refractivity contribution >= 4 is 12.0 Å². The van der Waals surface area contributed by atoms with Gasteiger partial charge in [0.05, 0.1) is 12.2 Å². The van der Waals surface area contributed by atoms with Crippen LogP contribution < -0.4 is 10.6 Å². The van der Waals surface area contributed by atoms with Crippen LogP contribution in [0.3, 0.4) is 0 Å². The quantitative estimate of drug-likeness (QED) is 0.699. The molecule has 1 aliphatic heterocycles. The zero-order chi connectivity index (χ0) is 21.0. The maximum Gasteiger partial charge on any atom is 0.338 e. The molecule has 3 rings (SSSR count). The number of hydrogen-bond donors (Lipinski definition) is 2. The smallest absolute Gasteiger partial charge is 0.338 e. The topological polar surface area (TPSA) is 83.8 Å². The van der Waals surface area contributed by atoms with Gasteiger partial charge in [-0.3, -0.25) is 4.90 Å². The van der Waals surface area contributed by atoms with Gasteiger partial charge in [0.25, 0.3) is 0 Å². The van der Waals surface area contributed by atoms with Crippen LogP contribution in [-0.2, 0) is 9.53 Å². The number of amides is 2. The number of esters is 1. The van der Waals surface area contributed by atoms with Gasteiger partial charge in [-0.15, -0.1) is 0 Å². The van der Waals surface area contributed by atoms with E-state index in [4.69, 9.17) is 9.15 Å². The lowest BCUT2D eigenvalue weighted by Crippen LogP contribution is -2.48. The van der Waals surface area contributed by atoms with E-state index in [0.29, 0.717) is 29.3 Å². The number of carbonyl (C=O) groups excluding carboxylic acids is 2. The summed E-state index contributed by atoms with van der Waals surface area (Å²) in [5.41, 5.74) is 2.01. The molecule has 2 heterocycles. The predicted octanol–water partition coefficient (Wildman–Crippen LogP) is 3.45. The van der Waals surface area contributed by atoms with Gasteiger partial charge < -0.3 is 19.8 Å². The summed E-state index contributed by atoms with van der Waals surface area (Å²) in [4.78, 5) is 27.2. The Morgan fingerprint density at radius 3 is 2.59 bits per heavy atom. The molecule has 0 radical (unpaired) electrons. The first-order chi connectivity index (χ1) is 13.9. The molecule has 7 nitrogen and oxygen atoms in total. The summed E-state index contributed by atoms with van der Waals surface area (Å²) in [6.45, 7) is 6.26. The standard InChI is InChI=1S/C22H27N3O4/c1-5-28-21(26)19-17(13-25(4)15(3)16-9-7-6-8-10-16)23-22(27)24-20(19)18-12-11-14(2)29-18/h6-12,15,20H,5,13H2,1-4H3,(H2,23,24,27)/t15-,20-/m0/s1. The number of carbonyl (C=O) groups is 2. The Hall–Kier alpha value is -3.06. The summed E-state index contributed by atoms with van der Waals surface area (Å²) in [6.07, 6.45) is 0. The van der Waals surface area contributed by atoms with Crippen LogP contribution in [0.15, 0.2) is 58.2 Å². The van der Waals surface area contributed by atoms with Gasteiger partial charge in [0.2, 0.25) is 0 Å². The number of furan rings is 1. The van der Waals surface area contributed by atoms with Crippen LogP contribution in [0.5, 0.6) is 0 Å². The molecule has 2 N–H and O–H groups in total. The van der Waals surface area contributed by atoms with E-state index in [9.17, 15) is 9.59 Å². The number of ether oxygens (including phenoxy) is 1. The SMILES string of the molecule is CCOC(=O)C1=C(CN(C)[C@@H](C)c2ccccc2)NC(=O)N[C@H]1c1ccc(C)o1. The molecule has 0 aliphatic carbocycles. The number of urea groups is 1. The predicted molar refractivity (Wildman–Crippen MR) is 109 cm³/mol. The van der Waals surface area contributed by atoms with Crippen molar-refractivity contribution in [1.82, 2.24) is 15.5 Å². The van der Waals surface area contributed by atoms with E-state index in [0.717, 1.165) is 5.56 Å². The first-order valence-electron chi connectivity index (χ1n) is 9.70. The van der Waals surface area contributed by atoms with Gasteiger partial charge in [0.15, 0.2) is 0 Å². The third kappa shape index (κ3) is 4.68. The minimum Gasteiger partial charge on any atom is -0.464 e. The number of hydrogen-bond acceptors (Lipinski definition) is 5. The maximum absolute atomic E-state index is 12.8. The summed E-state index contributed by atoms with van der Waals surface area (Å²) in [5.74, 6) is 0.721. The maximum atomic E-state index is 12.8. The number of nitrogens with one attached hydrogen (secondary N) is 2. The Bertz CT molecular complexity index is 904. The van der Waals surface area contributed by atoms with E-state index >= 15 is 0 Å². The molecule has 2 amide bonds. The molecule has 2 atom stereocenters. The molecule has 0 unspecified atom stereocenters. The summed E-state index contributed by atoms with van der Waals surface area (Å²) >= 11 is 0. The first kappa shape index (κ1) is 20.7. The van der Waals surface area contributed by atoms with E-state index in [1.165, 1.54) is 0 Å². The van der Waals surface area contributed by atoms with Crippen molar-refractivity contribution in [2.75, 3.05) is 20.2 Å². The molecule has 154 valence electrons. The fourth-order valence-electron chi connectivity index (χ4n) is 3.39. The van der Waals surface area contributed by atoms with Crippen LogP contribution in [0.4, 0.5) is 4.79 Å². The molecule has 7 heteroatoms. The number of nitrogens with zero attached hydrogens (tertiary/aromatic N) is 1. The van der Waals surface area contributed by atoms with Crippen LogP contribution >= 0.6 is 0 Å². The van der Waals surface area contributed by atoms with E-state index in [2.05, 4.69) is 34.6 Å². The van der Waals surface area contributed by atoms with Crippen molar-refractivity contribution < 1.29 is 18.7 Å². The number of likely N-dealkylation sites (N-methyl/N-ethyl adjacent to an activating group) is 1. The summed E-state index contributed by atoms with van der Waals surface area (Å²) in [5, 5.41) is 5.57. The van der Waals surface area contributed by atoms with Crippen LogP contribution in [0.25, 0.3) is 0 Å². The minimum absolute atomic E-state index is 0.0863. The Morgan fingerprint density at radius 1 is 1.24 bits per heavy atom. The summed E-state index contributed by atoms with van der Waals surface area (Å²) < 4.78 is 11.0. The molecule has 0 saturated heterocycles. The number of rotatable bonds is 7. The lowest BCUT2D eigenvalue weighted by Gasteiger charge is -2.32. The molecule has 29 heavy (non-hydrogen) atoms. The fraction of sp³-hybridized carbons (Fsp3) is 0.364. The third-order valence-corrected chi connectivity index (χ3v) is 5.05. The Kier molecular flexibility index (Phi) is 6.39. The lowest BCUT2D eigenvalue weighted by molar-refractivity contribution is -0.139. The van der Waals surface area contributed by atoms with Crippen molar-refractivity contribution in [3.8, 4) is 0 Å². The second-order valence-electron chi connectivity index (χ2n) is 7.09. The van der Waals surface area contributed by atoms with Crippen molar-refractivity contribution in [2.45, 2.75) is 32.9 Å². The van der Waals surface area contributed by atoms with Gasteiger partial charge in [0, 0.05) is 18.3 Å². The molecule has 0 saturated carbocycles. The van der Waals surface area contributed by atoms with Gasteiger partial charge in [0.1, 0.15) is 17.6 Å². The van der Waals surface area contributed by atoms with E-state index in [-0.39, 0.29) is 18.7 Å². The third-order valence-electron chi connectivity index (χ3n) is 5.05. The highest BCUT2D eigenvalue weighted by molar-refractivity contribution is 5.95. The zero-order valence-electron chi connectivity index (χ0n) is 17.2. The monoisotopic (exact) mass is 397 g/mol. The van der Waals surface area contributed by atoms with Crippen LogP contribution in [0, 0.1) is 6.92 Å². The van der Waals surface area contributed by atoms with Gasteiger partial charge in [-0.2, -0.15) is 0 Å². The fourth-order valence-corrected chi connectivity index (χ4v) is 3.39. The Morgan fingerprint density at radius 2 is 1.97 bits per heavy atom. The van der Waals surface area contributed by atoms with Gasteiger partial charge >= 0.3 is 12.0 Å². The summed E-state index contributed by atoms with van der Waals surface area (Å²) in [6, 6.07) is 12.6. The van der Waals surface area contributed by atoms with Crippen LogP contribution in [0.1, 0.15) is 43.0 Å². The lowest BCUT2D eigenvalue weighted by atomic mass is 9.99. The second-order valence-corrected chi connectivity index (χ2v) is 7.09. The van der Waals surface area contributed by atoms with E-state index < -0.39 is 12.0 Å². The molecule has 2 aromatic rings. The molecular weight excluding hydrogens is 370 g/mol. The number of aryl methyl sites for hydroxylation is 1. The average molecular weight is 397 g/mol. The highest BCUT2D eigenvalue weighted by Gasteiger charge is 2.36. The van der Waals surface area contributed by atoms with Crippen LogP contribution in [-0.4, -0.2) is 37.1 Å². The summed E-state index contributed by atoms with van der Waals surface area (Å²) in [7, 11) is 1.95. The molecule has 1 aromatic carbocycles. The molecule has 1 aliphatic rings. The van der Waals surface area contributed by atoms with Gasteiger partial charge in [-0.25, -0.2) is 9.59 Å². The molecular formula is C22H27N3O4. The highest BCUT2D eigenvalue weighted by Crippen LogP contribution is 2.30. The van der Waals surface area contributed by atoms with Crippen LogP contribution in [0.2, 0.25) is 0 Å². The second kappa shape index (κ2) is 8.96. The van der Waals surface area contributed by atoms with E-state index in [1.54, 1.807) is 19.1 Å². The number of benzene rings is 1. The molecule has 0 bridgehead atoms. The highest BCUT2D eigenvalue weighted by atomic mass is 16.5. The largest absolute Gasteiger partial charge is 0.464 e. The van der Waals surface area contributed by atoms with Gasteiger partial charge in [-0.1, -0.05) is 30.3 Å². The normalized spacial score (nSPS) is 17.7. The molecule has 0 spiro atoms. The Balaban J connectivity index is 1.95. The average Bonchev–Trinajstić information content (AvgIpc) is 3.14.